The zero-order valence-corrected chi connectivity index (χ0v) is 14.8. The number of nitrogens with one attached hydrogen (secondary N) is 2. The third-order valence-corrected chi connectivity index (χ3v) is 5.31. The normalized spacial score (nSPS) is 19.8. The summed E-state index contributed by atoms with van der Waals surface area (Å²) in [5.41, 5.74) is 0.869. The molecule has 0 bridgehead atoms. The molecule has 2 aliphatic rings. The van der Waals surface area contributed by atoms with Crippen molar-refractivity contribution in [1.29, 1.82) is 0 Å². The molecule has 3 aromatic rings. The van der Waals surface area contributed by atoms with Gasteiger partial charge >= 0.3 is 0 Å². The van der Waals surface area contributed by atoms with Gasteiger partial charge in [-0.3, -0.25) is 9.59 Å². The Hall–Kier alpha value is -3.68. The summed E-state index contributed by atoms with van der Waals surface area (Å²) < 4.78 is 20.7. The van der Waals surface area contributed by atoms with Gasteiger partial charge in [0.1, 0.15) is 22.8 Å². The van der Waals surface area contributed by atoms with Gasteiger partial charge in [-0.05, 0) is 48.0 Å². The van der Waals surface area contributed by atoms with Gasteiger partial charge in [0.05, 0.1) is 19.0 Å². The van der Waals surface area contributed by atoms with Crippen molar-refractivity contribution in [2.24, 2.45) is 0 Å². The molecule has 0 saturated carbocycles. The summed E-state index contributed by atoms with van der Waals surface area (Å²) in [6.07, 6.45) is 1.44. The Morgan fingerprint density at radius 1 is 1.11 bits per heavy atom. The highest BCUT2D eigenvalue weighted by atomic mass is 19.1. The lowest BCUT2D eigenvalue weighted by Gasteiger charge is -2.31. The summed E-state index contributed by atoms with van der Waals surface area (Å²) >= 11 is 0. The summed E-state index contributed by atoms with van der Waals surface area (Å²) in [5.74, 6) is -0.0864. The van der Waals surface area contributed by atoms with Crippen LogP contribution in [0.1, 0.15) is 17.5 Å². The first-order valence-electron chi connectivity index (χ1n) is 8.67. The summed E-state index contributed by atoms with van der Waals surface area (Å²) in [4.78, 5) is 25.6. The highest BCUT2D eigenvalue weighted by molar-refractivity contribution is 6.14. The predicted molar refractivity (Wildman–Crippen MR) is 99.2 cm³/mol. The summed E-state index contributed by atoms with van der Waals surface area (Å²) in [6.45, 7) is 0. The van der Waals surface area contributed by atoms with Crippen molar-refractivity contribution in [2.45, 2.75) is 11.8 Å². The second-order valence-electron chi connectivity index (χ2n) is 6.79. The van der Waals surface area contributed by atoms with Gasteiger partial charge in [0, 0.05) is 17.7 Å². The molecule has 5 rings (SSSR count). The third-order valence-electron chi connectivity index (χ3n) is 5.31. The molecule has 28 heavy (non-hydrogen) atoms. The van der Waals surface area contributed by atoms with E-state index >= 15 is 0 Å². The molecule has 3 heterocycles. The van der Waals surface area contributed by atoms with Crippen LogP contribution in [-0.4, -0.2) is 28.7 Å². The summed E-state index contributed by atoms with van der Waals surface area (Å²) in [6, 6.07) is 11.2. The average Bonchev–Trinajstić information content (AvgIpc) is 3.22. The molecule has 2 aromatic carbocycles. The number of ether oxygens (including phenoxy) is 1. The number of halogens is 1. The molecule has 0 radical (unpaired) electrons. The Kier molecular flexibility index (Phi) is 3.33. The first-order valence-corrected chi connectivity index (χ1v) is 8.67. The SMILES string of the molecule is COc1ccc(-n2ncc3c2NC(=O)C[C@]32C(=O)Nc3ccc(F)cc32)cc1. The Morgan fingerprint density at radius 3 is 2.64 bits per heavy atom. The molecule has 1 spiro atoms. The lowest BCUT2D eigenvalue weighted by molar-refractivity contribution is -0.125. The van der Waals surface area contributed by atoms with Crippen LogP contribution in [0.4, 0.5) is 15.9 Å². The van der Waals surface area contributed by atoms with Gasteiger partial charge in [-0.2, -0.15) is 5.10 Å². The molecule has 0 aliphatic carbocycles. The Morgan fingerprint density at radius 2 is 1.89 bits per heavy atom. The molecular formula is C20H15FN4O3. The van der Waals surface area contributed by atoms with Crippen molar-refractivity contribution in [3.8, 4) is 11.4 Å². The Bertz CT molecular complexity index is 1140. The van der Waals surface area contributed by atoms with Crippen LogP contribution in [0.2, 0.25) is 0 Å². The fourth-order valence-electron chi connectivity index (χ4n) is 3.99. The maximum absolute atomic E-state index is 14.0. The lowest BCUT2D eigenvalue weighted by Crippen LogP contribution is -2.43. The van der Waals surface area contributed by atoms with E-state index in [2.05, 4.69) is 15.7 Å². The van der Waals surface area contributed by atoms with Crippen LogP contribution in [0.15, 0.2) is 48.7 Å². The average molecular weight is 378 g/mol. The van der Waals surface area contributed by atoms with E-state index in [1.165, 1.54) is 18.2 Å². The van der Waals surface area contributed by atoms with Gasteiger partial charge in [0.15, 0.2) is 0 Å². The van der Waals surface area contributed by atoms with Gasteiger partial charge < -0.3 is 15.4 Å². The molecule has 140 valence electrons. The van der Waals surface area contributed by atoms with E-state index in [0.29, 0.717) is 34.1 Å². The smallest absolute Gasteiger partial charge is 0.240 e. The number of aromatic nitrogens is 2. The van der Waals surface area contributed by atoms with Crippen LogP contribution in [0.3, 0.4) is 0 Å². The number of carbonyl (C=O) groups is 2. The van der Waals surface area contributed by atoms with Crippen LogP contribution in [0.5, 0.6) is 5.75 Å². The number of nitrogens with zero attached hydrogens (tertiary/aromatic N) is 2. The fraction of sp³-hybridized carbons (Fsp3) is 0.150. The van der Waals surface area contributed by atoms with E-state index < -0.39 is 11.2 Å². The van der Waals surface area contributed by atoms with Crippen molar-refractivity contribution in [2.75, 3.05) is 17.7 Å². The van der Waals surface area contributed by atoms with Crippen LogP contribution in [-0.2, 0) is 15.0 Å². The van der Waals surface area contributed by atoms with Crippen molar-refractivity contribution in [3.63, 3.8) is 0 Å². The second-order valence-corrected chi connectivity index (χ2v) is 6.79. The summed E-state index contributed by atoms with van der Waals surface area (Å²) in [5, 5.41) is 9.97. The van der Waals surface area contributed by atoms with Crippen LogP contribution < -0.4 is 15.4 Å². The molecular weight excluding hydrogens is 363 g/mol. The Balaban J connectivity index is 1.72. The van der Waals surface area contributed by atoms with Gasteiger partial charge in [0.2, 0.25) is 11.8 Å². The molecule has 2 N–H and O–H groups in total. The maximum atomic E-state index is 14.0. The van der Waals surface area contributed by atoms with E-state index in [-0.39, 0.29) is 18.2 Å². The monoisotopic (exact) mass is 378 g/mol. The topological polar surface area (TPSA) is 85.2 Å². The summed E-state index contributed by atoms with van der Waals surface area (Å²) in [7, 11) is 1.57. The van der Waals surface area contributed by atoms with Gasteiger partial charge in [-0.25, -0.2) is 9.07 Å². The fourth-order valence-corrected chi connectivity index (χ4v) is 3.99. The van der Waals surface area contributed by atoms with E-state index in [9.17, 15) is 14.0 Å². The van der Waals surface area contributed by atoms with Gasteiger partial charge in [-0.1, -0.05) is 0 Å². The standard InChI is InChI=1S/C20H15FN4O3/c1-28-13-5-3-12(4-6-13)25-18-15(10-22-25)20(9-17(26)24-18)14-8-11(21)2-7-16(14)23-19(20)27/h2-8,10H,9H2,1H3,(H,23,27)(H,24,26)/t20-/m1/s1. The molecule has 1 atom stereocenters. The zero-order chi connectivity index (χ0) is 19.5. The maximum Gasteiger partial charge on any atom is 0.240 e. The highest BCUT2D eigenvalue weighted by Gasteiger charge is 2.54. The first-order chi connectivity index (χ1) is 13.5. The largest absolute Gasteiger partial charge is 0.497 e. The molecule has 1 aromatic heterocycles. The van der Waals surface area contributed by atoms with Crippen molar-refractivity contribution in [1.82, 2.24) is 9.78 Å². The van der Waals surface area contributed by atoms with Crippen LogP contribution >= 0.6 is 0 Å². The number of amides is 2. The molecule has 7 nitrogen and oxygen atoms in total. The van der Waals surface area contributed by atoms with E-state index in [1.54, 1.807) is 42.3 Å². The molecule has 8 heteroatoms. The van der Waals surface area contributed by atoms with Crippen molar-refractivity contribution < 1.29 is 18.7 Å². The number of hydrogen-bond donors (Lipinski definition) is 2. The highest BCUT2D eigenvalue weighted by Crippen LogP contribution is 2.50. The van der Waals surface area contributed by atoms with Crippen LogP contribution in [0.25, 0.3) is 5.69 Å². The van der Waals surface area contributed by atoms with Crippen molar-refractivity contribution in [3.05, 3.63) is 65.6 Å². The number of hydrogen-bond acceptors (Lipinski definition) is 4. The van der Waals surface area contributed by atoms with Crippen molar-refractivity contribution >= 4 is 23.3 Å². The van der Waals surface area contributed by atoms with E-state index in [4.69, 9.17) is 4.74 Å². The minimum Gasteiger partial charge on any atom is -0.497 e. The molecule has 0 fully saturated rings. The molecule has 2 amide bonds. The van der Waals surface area contributed by atoms with Gasteiger partial charge in [0.25, 0.3) is 0 Å². The predicted octanol–water partition coefficient (Wildman–Crippen LogP) is 2.60. The quantitative estimate of drug-likeness (QED) is 0.718. The van der Waals surface area contributed by atoms with E-state index in [1.807, 2.05) is 0 Å². The van der Waals surface area contributed by atoms with Crippen LogP contribution in [0, 0.1) is 5.82 Å². The molecule has 0 unspecified atom stereocenters. The number of carbonyl (C=O) groups excluding carboxylic acids is 2. The minimum absolute atomic E-state index is 0.114. The molecule has 0 saturated heterocycles. The second kappa shape index (κ2) is 5.66. The third kappa shape index (κ3) is 2.11. The number of rotatable bonds is 2. The van der Waals surface area contributed by atoms with Gasteiger partial charge in [-0.15, -0.1) is 0 Å². The zero-order valence-electron chi connectivity index (χ0n) is 14.8. The first kappa shape index (κ1) is 16.5. The number of anilines is 2. The number of fused-ring (bicyclic) bond motifs is 4. The minimum atomic E-state index is -1.31. The lowest BCUT2D eigenvalue weighted by atomic mass is 9.72. The molecule has 2 aliphatic heterocycles. The number of benzene rings is 2. The Labute approximate surface area is 159 Å². The number of methoxy groups -OCH3 is 1. The van der Waals surface area contributed by atoms with E-state index in [0.717, 1.165) is 0 Å².